The van der Waals surface area contributed by atoms with Crippen LogP contribution in [0.15, 0.2) is 36.3 Å². The fraction of sp³-hybridized carbons (Fsp3) is 0.273. The monoisotopic (exact) mass is 245 g/mol. The lowest BCUT2D eigenvalue weighted by Gasteiger charge is -2.17. The fourth-order valence-electron chi connectivity index (χ4n) is 1.20. The molecule has 1 aromatic rings. The second-order valence-electron chi connectivity index (χ2n) is 3.71. The van der Waals surface area contributed by atoms with E-state index in [-0.39, 0.29) is 5.75 Å². The third-order valence-corrected chi connectivity index (χ3v) is 3.21. The summed E-state index contributed by atoms with van der Waals surface area (Å²) in [7, 11) is 0. The first-order chi connectivity index (χ1) is 7.39. The predicted molar refractivity (Wildman–Crippen MR) is 65.6 cm³/mol. The highest BCUT2D eigenvalue weighted by atomic mass is 32.2. The van der Waals surface area contributed by atoms with Crippen LogP contribution >= 0.6 is 11.8 Å². The van der Waals surface area contributed by atoms with Gasteiger partial charge in [0.2, 0.25) is 0 Å². The smallest absolute Gasteiger partial charge is 0.445 e. The van der Waals surface area contributed by atoms with Crippen LogP contribution in [0.5, 0.6) is 0 Å². The van der Waals surface area contributed by atoms with Crippen molar-refractivity contribution >= 4 is 18.7 Å². The number of hydrogen-bond donors (Lipinski definition) is 0. The van der Waals surface area contributed by atoms with Crippen molar-refractivity contribution in [3.63, 3.8) is 0 Å². The van der Waals surface area contributed by atoms with Gasteiger partial charge in [-0.25, -0.2) is 0 Å². The molecule has 0 bridgehead atoms. The van der Waals surface area contributed by atoms with Crippen molar-refractivity contribution in [1.82, 2.24) is 0 Å². The summed E-state index contributed by atoms with van der Waals surface area (Å²) in [5.41, 5.74) is 1.56. The Kier molecular flexibility index (Phi) is 4.53. The van der Waals surface area contributed by atoms with Crippen LogP contribution in [0.4, 0.5) is 12.9 Å². The lowest BCUT2D eigenvalue weighted by Crippen LogP contribution is -2.20. The molecule has 88 valence electrons. The van der Waals surface area contributed by atoms with Gasteiger partial charge in [-0.05, 0) is 18.2 Å². The average molecular weight is 245 g/mol. The summed E-state index contributed by atoms with van der Waals surface area (Å²) in [6, 6.07) is 7.77. The second-order valence-corrected chi connectivity index (χ2v) is 4.70. The van der Waals surface area contributed by atoms with Gasteiger partial charge in [-0.15, -0.1) is 12.1 Å². The second kappa shape index (κ2) is 5.48. The van der Waals surface area contributed by atoms with Crippen molar-refractivity contribution in [3.8, 4) is 0 Å². The van der Waals surface area contributed by atoms with Crippen LogP contribution in [-0.4, -0.2) is 12.7 Å². The number of benzene rings is 1. The highest BCUT2D eigenvalue weighted by Crippen LogP contribution is 2.23. The fourth-order valence-corrected chi connectivity index (χ4v) is 2.16. The summed E-state index contributed by atoms with van der Waals surface area (Å²) >= 11 is 1.25. The number of halogens is 3. The van der Waals surface area contributed by atoms with Crippen LogP contribution in [-0.2, 0) is 5.75 Å². The highest BCUT2D eigenvalue weighted by Gasteiger charge is 2.25. The molecule has 0 amide bonds. The largest absolute Gasteiger partial charge is 0.505 e. The minimum Gasteiger partial charge on any atom is -0.445 e. The molecule has 1 aromatic carbocycles. The molecule has 5 heteroatoms. The topological polar surface area (TPSA) is 0 Å². The Morgan fingerprint density at radius 2 is 2.06 bits per heavy atom. The first-order valence-corrected chi connectivity index (χ1v) is 6.06. The lowest BCUT2D eigenvalue weighted by molar-refractivity contribution is 0.491. The minimum atomic E-state index is -4.88. The normalized spacial score (nSPS) is 11.5. The Balaban J connectivity index is 2.39. The van der Waals surface area contributed by atoms with Gasteiger partial charge in [-0.2, -0.15) is 11.8 Å². The van der Waals surface area contributed by atoms with Gasteiger partial charge in [0, 0.05) is 5.75 Å². The molecule has 0 unspecified atom stereocenters. The Morgan fingerprint density at radius 1 is 1.38 bits per heavy atom. The zero-order valence-electron chi connectivity index (χ0n) is 9.05. The van der Waals surface area contributed by atoms with E-state index < -0.39 is 12.4 Å². The molecular formula is C11H13BF3S-. The van der Waals surface area contributed by atoms with E-state index in [1.165, 1.54) is 11.8 Å². The first kappa shape index (κ1) is 13.2. The van der Waals surface area contributed by atoms with E-state index >= 15 is 0 Å². The molecule has 0 atom stereocenters. The average Bonchev–Trinajstić information content (AvgIpc) is 2.16. The molecular weight excluding hydrogens is 232 g/mol. The Labute approximate surface area is 98.0 Å². The van der Waals surface area contributed by atoms with Gasteiger partial charge in [0.05, 0.1) is 0 Å². The van der Waals surface area contributed by atoms with E-state index in [2.05, 4.69) is 6.58 Å². The van der Waals surface area contributed by atoms with E-state index in [1.54, 1.807) is 0 Å². The number of thioether (sulfide) groups is 1. The third kappa shape index (κ3) is 4.35. The van der Waals surface area contributed by atoms with Crippen LogP contribution in [0.25, 0.3) is 0 Å². The molecule has 0 saturated carbocycles. The van der Waals surface area contributed by atoms with Crippen molar-refractivity contribution in [1.29, 1.82) is 0 Å². The third-order valence-electron chi connectivity index (χ3n) is 2.10. The van der Waals surface area contributed by atoms with Crippen molar-refractivity contribution < 1.29 is 12.9 Å². The summed E-state index contributed by atoms with van der Waals surface area (Å²) in [5, 5.41) is 0. The zero-order chi connectivity index (χ0) is 12.2. The van der Waals surface area contributed by atoms with Crippen LogP contribution in [0.2, 0.25) is 0 Å². The summed E-state index contributed by atoms with van der Waals surface area (Å²) in [4.78, 5) is 0. The predicted octanol–water partition coefficient (Wildman–Crippen LogP) is 4.17. The van der Waals surface area contributed by atoms with Crippen LogP contribution in [0.3, 0.4) is 0 Å². The molecule has 0 aromatic heterocycles. The Hall–Kier alpha value is -0.835. The van der Waals surface area contributed by atoms with Gasteiger partial charge in [0.15, 0.2) is 0 Å². The molecule has 0 aliphatic heterocycles. The van der Waals surface area contributed by atoms with E-state index in [1.807, 2.05) is 31.2 Å². The first-order valence-electron chi connectivity index (χ1n) is 4.90. The molecule has 0 aliphatic rings. The molecule has 16 heavy (non-hydrogen) atoms. The lowest BCUT2D eigenvalue weighted by atomic mass is 9.82. The number of hydrogen-bond acceptors (Lipinski definition) is 1. The highest BCUT2D eigenvalue weighted by molar-refractivity contribution is 7.98. The van der Waals surface area contributed by atoms with Gasteiger partial charge in [-0.3, -0.25) is 0 Å². The summed E-state index contributed by atoms with van der Waals surface area (Å²) < 4.78 is 36.6. The molecule has 0 saturated heterocycles. The standard InChI is InChI=1S/C11H13BF3S/c1-9-4-3-5-11(6-9)8-16-7-10(2)12(13,14)15/h3-6H,2,7-8H2,1H3/q-1. The molecule has 0 spiro atoms. The molecule has 1 rings (SSSR count). The van der Waals surface area contributed by atoms with Crippen molar-refractivity contribution in [2.24, 2.45) is 0 Å². The minimum absolute atomic E-state index is 0.0442. The van der Waals surface area contributed by atoms with Gasteiger partial charge in [0.25, 0.3) is 0 Å². The summed E-state index contributed by atoms with van der Waals surface area (Å²) in [5.74, 6) is 0.546. The van der Waals surface area contributed by atoms with Crippen LogP contribution < -0.4 is 0 Å². The van der Waals surface area contributed by atoms with E-state index in [0.717, 1.165) is 11.1 Å². The maximum Gasteiger partial charge on any atom is 0.505 e. The molecule has 0 fully saturated rings. The SMILES string of the molecule is C=C(CSCc1cccc(C)c1)[B-](F)(F)F. The maximum atomic E-state index is 12.2. The van der Waals surface area contributed by atoms with E-state index in [9.17, 15) is 12.9 Å². The van der Waals surface area contributed by atoms with Gasteiger partial charge < -0.3 is 12.9 Å². The van der Waals surface area contributed by atoms with Crippen molar-refractivity contribution in [2.45, 2.75) is 12.7 Å². The molecule has 0 radical (unpaired) electrons. The van der Waals surface area contributed by atoms with Crippen LogP contribution in [0.1, 0.15) is 11.1 Å². The van der Waals surface area contributed by atoms with Crippen LogP contribution in [0, 0.1) is 6.92 Å². The van der Waals surface area contributed by atoms with Crippen molar-refractivity contribution in [3.05, 3.63) is 47.4 Å². The van der Waals surface area contributed by atoms with E-state index in [4.69, 9.17) is 0 Å². The Morgan fingerprint density at radius 3 is 2.62 bits per heavy atom. The number of rotatable bonds is 5. The molecule has 0 nitrogen and oxygen atoms in total. The number of aryl methyl sites for hydroxylation is 1. The van der Waals surface area contributed by atoms with Gasteiger partial charge in [-0.1, -0.05) is 29.8 Å². The molecule has 0 heterocycles. The van der Waals surface area contributed by atoms with Gasteiger partial charge >= 0.3 is 6.98 Å². The molecule has 0 aliphatic carbocycles. The quantitative estimate of drug-likeness (QED) is 0.701. The summed E-state index contributed by atoms with van der Waals surface area (Å²) in [6.45, 7) is 0.144. The van der Waals surface area contributed by atoms with Crippen molar-refractivity contribution in [2.75, 3.05) is 5.75 Å². The van der Waals surface area contributed by atoms with E-state index in [0.29, 0.717) is 5.75 Å². The van der Waals surface area contributed by atoms with Gasteiger partial charge in [0.1, 0.15) is 0 Å². The summed E-state index contributed by atoms with van der Waals surface area (Å²) in [6.07, 6.45) is 0. The zero-order valence-corrected chi connectivity index (χ0v) is 9.87. The molecule has 0 N–H and O–H groups in total. The Bertz CT molecular complexity index is 374. The maximum absolute atomic E-state index is 12.2.